The van der Waals surface area contributed by atoms with Gasteiger partial charge in [-0.25, -0.2) is 0 Å². The molecule has 0 bridgehead atoms. The van der Waals surface area contributed by atoms with E-state index < -0.39 is 11.4 Å². The molecule has 1 heterocycles. The Morgan fingerprint density at radius 1 is 1.25 bits per heavy atom. The van der Waals surface area contributed by atoms with Gasteiger partial charge < -0.3 is 15.2 Å². The summed E-state index contributed by atoms with van der Waals surface area (Å²) < 4.78 is 5.23. The fourth-order valence-electron chi connectivity index (χ4n) is 2.65. The van der Waals surface area contributed by atoms with Gasteiger partial charge in [0.25, 0.3) is 0 Å². The molecule has 0 spiro atoms. The summed E-state index contributed by atoms with van der Waals surface area (Å²) in [6.07, 6.45) is 0.874. The van der Waals surface area contributed by atoms with Crippen molar-refractivity contribution < 1.29 is 19.4 Å². The van der Waals surface area contributed by atoms with Crippen molar-refractivity contribution in [2.45, 2.75) is 37.5 Å². The third-order valence-corrected chi connectivity index (χ3v) is 5.46. The van der Waals surface area contributed by atoms with Gasteiger partial charge in [0.05, 0.1) is 11.2 Å². The van der Waals surface area contributed by atoms with E-state index in [2.05, 4.69) is 31.3 Å². The lowest BCUT2D eigenvalue weighted by atomic mass is 9.80. The number of amides is 1. The van der Waals surface area contributed by atoms with Crippen LogP contribution in [0.3, 0.4) is 0 Å². The molecule has 0 atom stereocenters. The van der Waals surface area contributed by atoms with Crippen LogP contribution in [0.15, 0.2) is 29.2 Å². The summed E-state index contributed by atoms with van der Waals surface area (Å²) in [6, 6.07) is 8.19. The van der Waals surface area contributed by atoms with Crippen LogP contribution < -0.4 is 5.32 Å². The van der Waals surface area contributed by atoms with E-state index in [9.17, 15) is 14.7 Å². The van der Waals surface area contributed by atoms with E-state index in [-0.39, 0.29) is 18.2 Å². The van der Waals surface area contributed by atoms with Gasteiger partial charge in [0.2, 0.25) is 5.91 Å². The van der Waals surface area contributed by atoms with E-state index in [0.717, 1.165) is 4.90 Å². The summed E-state index contributed by atoms with van der Waals surface area (Å²) >= 11 is 1.46. The van der Waals surface area contributed by atoms with Crippen molar-refractivity contribution in [2.75, 3.05) is 25.5 Å². The van der Waals surface area contributed by atoms with Crippen LogP contribution in [0.25, 0.3) is 0 Å². The third kappa shape index (κ3) is 4.98. The largest absolute Gasteiger partial charge is 0.481 e. The lowest BCUT2D eigenvalue weighted by Crippen LogP contribution is -2.46. The minimum Gasteiger partial charge on any atom is -0.481 e. The molecule has 0 aliphatic carbocycles. The Hall–Kier alpha value is -1.53. The second-order valence-electron chi connectivity index (χ2n) is 6.49. The van der Waals surface area contributed by atoms with Crippen LogP contribution in [0.2, 0.25) is 0 Å². The maximum Gasteiger partial charge on any atom is 0.311 e. The number of benzene rings is 1. The van der Waals surface area contributed by atoms with Crippen LogP contribution in [-0.2, 0) is 14.3 Å². The maximum absolute atomic E-state index is 12.0. The number of aliphatic carboxylic acids is 1. The summed E-state index contributed by atoms with van der Waals surface area (Å²) in [5.41, 5.74) is 0.379. The van der Waals surface area contributed by atoms with Crippen LogP contribution in [0.1, 0.15) is 38.2 Å². The van der Waals surface area contributed by atoms with Crippen LogP contribution in [0.4, 0.5) is 0 Å². The summed E-state index contributed by atoms with van der Waals surface area (Å²) in [7, 11) is 0. The van der Waals surface area contributed by atoms with Gasteiger partial charge in [-0.15, -0.1) is 11.8 Å². The van der Waals surface area contributed by atoms with Gasteiger partial charge in [0.1, 0.15) is 0 Å². The summed E-state index contributed by atoms with van der Waals surface area (Å²) in [5.74, 6) is -0.227. The number of carboxylic acids is 1. The lowest BCUT2D eigenvalue weighted by molar-refractivity contribution is -0.154. The average Bonchev–Trinajstić information content (AvgIpc) is 2.59. The third-order valence-electron chi connectivity index (χ3n) is 4.44. The highest BCUT2D eigenvalue weighted by atomic mass is 32.2. The van der Waals surface area contributed by atoms with Crippen molar-refractivity contribution in [1.29, 1.82) is 0 Å². The highest BCUT2D eigenvalue weighted by Crippen LogP contribution is 2.30. The molecule has 6 heteroatoms. The molecule has 1 aromatic rings. The number of ether oxygens (including phenoxy) is 1. The van der Waals surface area contributed by atoms with E-state index in [4.69, 9.17) is 4.74 Å². The fraction of sp³-hybridized carbons (Fsp3) is 0.556. The number of thioether (sulfide) groups is 1. The van der Waals surface area contributed by atoms with Gasteiger partial charge in [-0.1, -0.05) is 26.0 Å². The second kappa shape index (κ2) is 8.53. The normalized spacial score (nSPS) is 16.8. The number of nitrogens with one attached hydrogen (secondary N) is 1. The van der Waals surface area contributed by atoms with Gasteiger partial charge in [-0.05, 0) is 36.5 Å². The summed E-state index contributed by atoms with van der Waals surface area (Å²) in [6.45, 7) is 5.31. The van der Waals surface area contributed by atoms with Crippen molar-refractivity contribution in [1.82, 2.24) is 5.32 Å². The molecule has 1 fully saturated rings. The smallest absolute Gasteiger partial charge is 0.311 e. The highest BCUT2D eigenvalue weighted by molar-refractivity contribution is 8.00. The molecule has 1 aliphatic rings. The fourth-order valence-corrected chi connectivity index (χ4v) is 3.37. The summed E-state index contributed by atoms with van der Waals surface area (Å²) in [5, 5.41) is 12.2. The van der Waals surface area contributed by atoms with E-state index in [1.807, 2.05) is 12.1 Å². The van der Waals surface area contributed by atoms with E-state index >= 15 is 0 Å². The van der Waals surface area contributed by atoms with Crippen LogP contribution in [-0.4, -0.2) is 42.5 Å². The van der Waals surface area contributed by atoms with Crippen molar-refractivity contribution >= 4 is 23.6 Å². The number of carbonyl (C=O) groups excluding carboxylic acids is 1. The van der Waals surface area contributed by atoms with Crippen molar-refractivity contribution in [3.63, 3.8) is 0 Å². The van der Waals surface area contributed by atoms with Gasteiger partial charge in [0, 0.05) is 24.7 Å². The molecule has 24 heavy (non-hydrogen) atoms. The SMILES string of the molecule is CC(C)c1ccc(SCC(=O)NCC2(C(=O)O)CCOCC2)cc1. The first-order valence-electron chi connectivity index (χ1n) is 8.23. The Balaban J connectivity index is 1.81. The molecular weight excluding hydrogens is 326 g/mol. The van der Waals surface area contributed by atoms with Gasteiger partial charge in [0.15, 0.2) is 0 Å². The zero-order valence-corrected chi connectivity index (χ0v) is 15.0. The molecule has 132 valence electrons. The Bertz CT molecular complexity index is 565. The molecule has 2 rings (SSSR count). The first-order valence-corrected chi connectivity index (χ1v) is 9.22. The van der Waals surface area contributed by atoms with Gasteiger partial charge >= 0.3 is 5.97 Å². The molecule has 1 aromatic carbocycles. The molecule has 0 saturated carbocycles. The minimum absolute atomic E-state index is 0.139. The monoisotopic (exact) mass is 351 g/mol. The molecule has 0 unspecified atom stereocenters. The van der Waals surface area contributed by atoms with E-state index in [0.29, 0.717) is 32.0 Å². The Labute approximate surface area is 147 Å². The topological polar surface area (TPSA) is 75.6 Å². The summed E-state index contributed by atoms with van der Waals surface area (Å²) in [4.78, 5) is 24.6. The first kappa shape index (κ1) is 18.8. The van der Waals surface area contributed by atoms with E-state index in [1.54, 1.807) is 0 Å². The highest BCUT2D eigenvalue weighted by Gasteiger charge is 2.40. The predicted molar refractivity (Wildman–Crippen MR) is 94.4 cm³/mol. The second-order valence-corrected chi connectivity index (χ2v) is 7.54. The van der Waals surface area contributed by atoms with Crippen molar-refractivity contribution in [3.8, 4) is 0 Å². The molecule has 2 N–H and O–H groups in total. The first-order chi connectivity index (χ1) is 11.4. The minimum atomic E-state index is -0.891. The molecule has 1 aliphatic heterocycles. The quantitative estimate of drug-likeness (QED) is 0.739. The average molecular weight is 351 g/mol. The molecule has 0 radical (unpaired) electrons. The zero-order valence-electron chi connectivity index (χ0n) is 14.2. The van der Waals surface area contributed by atoms with Crippen LogP contribution in [0.5, 0.6) is 0 Å². The zero-order chi connectivity index (χ0) is 17.6. The number of hydrogen-bond donors (Lipinski definition) is 2. The number of hydrogen-bond acceptors (Lipinski definition) is 4. The Morgan fingerprint density at radius 2 is 1.88 bits per heavy atom. The molecule has 5 nitrogen and oxygen atoms in total. The van der Waals surface area contributed by atoms with Crippen LogP contribution >= 0.6 is 11.8 Å². The Kier molecular flexibility index (Phi) is 6.69. The number of carboxylic acid groups (broad SMARTS) is 1. The van der Waals surface area contributed by atoms with Crippen molar-refractivity contribution in [2.24, 2.45) is 5.41 Å². The Morgan fingerprint density at radius 3 is 2.42 bits per heavy atom. The predicted octanol–water partition coefficient (Wildman–Crippen LogP) is 2.90. The van der Waals surface area contributed by atoms with Gasteiger partial charge in [-0.3, -0.25) is 9.59 Å². The maximum atomic E-state index is 12.0. The standard InChI is InChI=1S/C18H25NO4S/c1-13(2)14-3-5-15(6-4-14)24-11-16(20)19-12-18(17(21)22)7-9-23-10-8-18/h3-6,13H,7-12H2,1-2H3,(H,19,20)(H,21,22). The van der Waals surface area contributed by atoms with Gasteiger partial charge in [-0.2, -0.15) is 0 Å². The number of carbonyl (C=O) groups is 2. The lowest BCUT2D eigenvalue weighted by Gasteiger charge is -2.33. The molecule has 1 saturated heterocycles. The molecular formula is C18H25NO4S. The van der Waals surface area contributed by atoms with E-state index in [1.165, 1.54) is 17.3 Å². The number of rotatable bonds is 7. The molecule has 1 amide bonds. The van der Waals surface area contributed by atoms with Crippen molar-refractivity contribution in [3.05, 3.63) is 29.8 Å². The van der Waals surface area contributed by atoms with Crippen LogP contribution in [0, 0.1) is 5.41 Å². The molecule has 0 aromatic heterocycles.